The van der Waals surface area contributed by atoms with E-state index in [0.717, 1.165) is 42.7 Å². The molecule has 2 aromatic carbocycles. The Bertz CT molecular complexity index is 980. The highest BCUT2D eigenvalue weighted by Crippen LogP contribution is 2.25. The molecule has 1 aromatic heterocycles. The van der Waals surface area contributed by atoms with Crippen molar-refractivity contribution in [3.63, 3.8) is 0 Å². The number of imidazole rings is 1. The third-order valence-electron chi connectivity index (χ3n) is 4.76. The molecule has 3 aromatic rings. The molecule has 1 aliphatic heterocycles. The van der Waals surface area contributed by atoms with Gasteiger partial charge in [-0.1, -0.05) is 42.1 Å². The van der Waals surface area contributed by atoms with E-state index in [1.807, 2.05) is 64.1 Å². The van der Waals surface area contributed by atoms with Gasteiger partial charge >= 0.3 is 0 Å². The van der Waals surface area contributed by atoms with Gasteiger partial charge in [0.2, 0.25) is 11.8 Å². The molecule has 6 nitrogen and oxygen atoms in total. The van der Waals surface area contributed by atoms with E-state index in [0.29, 0.717) is 5.16 Å². The predicted molar refractivity (Wildman–Crippen MR) is 111 cm³/mol. The normalized spacial score (nSPS) is 13.8. The molecular formula is C21H22N4O2S. The fourth-order valence-corrected chi connectivity index (χ4v) is 4.18. The molecule has 0 aliphatic carbocycles. The summed E-state index contributed by atoms with van der Waals surface area (Å²) in [7, 11) is 0. The van der Waals surface area contributed by atoms with Crippen molar-refractivity contribution >= 4 is 40.3 Å². The van der Waals surface area contributed by atoms with Crippen molar-refractivity contribution in [3.8, 4) is 0 Å². The third-order valence-corrected chi connectivity index (χ3v) is 5.74. The number of likely N-dealkylation sites (tertiary alicyclic amines) is 1. The van der Waals surface area contributed by atoms with Crippen molar-refractivity contribution in [3.05, 3.63) is 54.6 Å². The Kier molecular flexibility index (Phi) is 5.62. The highest BCUT2D eigenvalue weighted by molar-refractivity contribution is 7.99. The number of benzene rings is 2. The number of aromatic nitrogens is 2. The zero-order valence-electron chi connectivity index (χ0n) is 15.5. The van der Waals surface area contributed by atoms with E-state index in [4.69, 9.17) is 0 Å². The van der Waals surface area contributed by atoms with E-state index in [2.05, 4.69) is 10.3 Å². The second kappa shape index (κ2) is 8.48. The van der Waals surface area contributed by atoms with Crippen molar-refractivity contribution < 1.29 is 9.59 Å². The largest absolute Gasteiger partial charge is 0.341 e. The second-order valence-corrected chi connectivity index (χ2v) is 7.70. The van der Waals surface area contributed by atoms with Gasteiger partial charge in [-0.3, -0.25) is 9.59 Å². The van der Waals surface area contributed by atoms with Gasteiger partial charge in [0.15, 0.2) is 5.16 Å². The summed E-state index contributed by atoms with van der Waals surface area (Å²) >= 11 is 1.35. The molecule has 2 amide bonds. The predicted octanol–water partition coefficient (Wildman–Crippen LogP) is 3.39. The summed E-state index contributed by atoms with van der Waals surface area (Å²) in [6.07, 6.45) is 2.13. The minimum atomic E-state index is -0.0966. The monoisotopic (exact) mass is 394 g/mol. The lowest BCUT2D eigenvalue weighted by Crippen LogP contribution is -2.31. The molecular weight excluding hydrogens is 372 g/mol. The number of hydrogen-bond acceptors (Lipinski definition) is 4. The average molecular weight is 395 g/mol. The van der Waals surface area contributed by atoms with E-state index in [1.165, 1.54) is 11.8 Å². The lowest BCUT2D eigenvalue weighted by atomic mass is 10.3. The SMILES string of the molecule is O=C(CSc1nc2ccccc2n1CC(=O)N1CCCC1)Nc1ccccc1. The molecule has 7 heteroatoms. The van der Waals surface area contributed by atoms with Gasteiger partial charge in [-0.15, -0.1) is 0 Å². The van der Waals surface area contributed by atoms with E-state index < -0.39 is 0 Å². The summed E-state index contributed by atoms with van der Waals surface area (Å²) in [6, 6.07) is 17.1. The number of fused-ring (bicyclic) bond motifs is 1. The molecule has 1 N–H and O–H groups in total. The van der Waals surface area contributed by atoms with Crippen LogP contribution in [0, 0.1) is 0 Å². The van der Waals surface area contributed by atoms with Crippen molar-refractivity contribution in [1.29, 1.82) is 0 Å². The number of thioether (sulfide) groups is 1. The van der Waals surface area contributed by atoms with Gasteiger partial charge in [0.1, 0.15) is 6.54 Å². The highest BCUT2D eigenvalue weighted by atomic mass is 32.2. The molecule has 0 bridgehead atoms. The smallest absolute Gasteiger partial charge is 0.242 e. The van der Waals surface area contributed by atoms with Gasteiger partial charge in [0, 0.05) is 18.8 Å². The fourth-order valence-electron chi connectivity index (χ4n) is 3.37. The molecule has 0 atom stereocenters. The number of hydrogen-bond donors (Lipinski definition) is 1. The van der Waals surface area contributed by atoms with Crippen LogP contribution in [0.4, 0.5) is 5.69 Å². The van der Waals surface area contributed by atoms with Crippen LogP contribution in [0.2, 0.25) is 0 Å². The number of nitrogens with zero attached hydrogens (tertiary/aromatic N) is 3. The number of carbonyl (C=O) groups excluding carboxylic acids is 2. The molecule has 144 valence electrons. The van der Waals surface area contributed by atoms with Crippen molar-refractivity contribution in [1.82, 2.24) is 14.5 Å². The zero-order chi connectivity index (χ0) is 19.3. The Labute approximate surface area is 167 Å². The highest BCUT2D eigenvalue weighted by Gasteiger charge is 2.21. The Morgan fingerprint density at radius 1 is 1.00 bits per heavy atom. The van der Waals surface area contributed by atoms with Crippen LogP contribution in [0.15, 0.2) is 59.8 Å². The summed E-state index contributed by atoms with van der Waals surface area (Å²) in [4.78, 5) is 31.5. The maximum absolute atomic E-state index is 12.7. The number of carbonyl (C=O) groups is 2. The maximum atomic E-state index is 12.7. The van der Waals surface area contributed by atoms with Gasteiger partial charge in [-0.25, -0.2) is 4.98 Å². The van der Waals surface area contributed by atoms with Crippen LogP contribution >= 0.6 is 11.8 Å². The minimum absolute atomic E-state index is 0.0966. The summed E-state index contributed by atoms with van der Waals surface area (Å²) in [6.45, 7) is 1.91. The summed E-state index contributed by atoms with van der Waals surface area (Å²) < 4.78 is 1.93. The lowest BCUT2D eigenvalue weighted by Gasteiger charge is -2.17. The van der Waals surface area contributed by atoms with Crippen LogP contribution in [0.3, 0.4) is 0 Å². The Morgan fingerprint density at radius 3 is 2.50 bits per heavy atom. The lowest BCUT2D eigenvalue weighted by molar-refractivity contribution is -0.130. The first-order chi connectivity index (χ1) is 13.7. The molecule has 1 aliphatic rings. The quantitative estimate of drug-likeness (QED) is 0.651. The zero-order valence-corrected chi connectivity index (χ0v) is 16.3. The topological polar surface area (TPSA) is 67.2 Å². The first-order valence-electron chi connectivity index (χ1n) is 9.41. The first kappa shape index (κ1) is 18.6. The molecule has 0 unspecified atom stereocenters. The number of rotatable bonds is 6. The summed E-state index contributed by atoms with van der Waals surface area (Å²) in [5, 5.41) is 3.57. The van der Waals surface area contributed by atoms with Gasteiger partial charge in [0.05, 0.1) is 16.8 Å². The molecule has 28 heavy (non-hydrogen) atoms. The van der Waals surface area contributed by atoms with Gasteiger partial charge in [0.25, 0.3) is 0 Å². The Morgan fingerprint density at radius 2 is 1.71 bits per heavy atom. The van der Waals surface area contributed by atoms with Gasteiger partial charge < -0.3 is 14.8 Å². The van der Waals surface area contributed by atoms with Crippen LogP contribution in [0.25, 0.3) is 11.0 Å². The summed E-state index contributed by atoms with van der Waals surface area (Å²) in [5.41, 5.74) is 2.52. The Hall–Kier alpha value is -2.80. The van der Waals surface area contributed by atoms with Crippen molar-refractivity contribution in [2.45, 2.75) is 24.5 Å². The number of anilines is 1. The average Bonchev–Trinajstić information content (AvgIpc) is 3.36. The fraction of sp³-hybridized carbons (Fsp3) is 0.286. The Balaban J connectivity index is 1.49. The van der Waals surface area contributed by atoms with E-state index in [1.54, 1.807) is 0 Å². The van der Waals surface area contributed by atoms with Crippen LogP contribution in [-0.2, 0) is 16.1 Å². The second-order valence-electron chi connectivity index (χ2n) is 6.76. The molecule has 1 saturated heterocycles. The van der Waals surface area contributed by atoms with E-state index in [9.17, 15) is 9.59 Å². The number of nitrogens with one attached hydrogen (secondary N) is 1. The number of para-hydroxylation sites is 3. The molecule has 2 heterocycles. The van der Waals surface area contributed by atoms with Crippen LogP contribution in [0.5, 0.6) is 0 Å². The standard InChI is InChI=1S/C21H22N4O2S/c26-19(22-16-8-2-1-3-9-16)15-28-21-23-17-10-4-5-11-18(17)25(21)14-20(27)24-12-6-7-13-24/h1-5,8-11H,6-7,12-15H2,(H,22,26). The van der Waals surface area contributed by atoms with Gasteiger partial charge in [-0.05, 0) is 37.1 Å². The third kappa shape index (κ3) is 4.20. The van der Waals surface area contributed by atoms with Crippen molar-refractivity contribution in [2.75, 3.05) is 24.2 Å². The minimum Gasteiger partial charge on any atom is -0.341 e. The van der Waals surface area contributed by atoms with E-state index >= 15 is 0 Å². The molecule has 0 radical (unpaired) electrons. The van der Waals surface area contributed by atoms with Gasteiger partial charge in [-0.2, -0.15) is 0 Å². The summed E-state index contributed by atoms with van der Waals surface area (Å²) in [5.74, 6) is 0.243. The first-order valence-corrected chi connectivity index (χ1v) is 10.4. The molecule has 0 saturated carbocycles. The molecule has 1 fully saturated rings. The van der Waals surface area contributed by atoms with Crippen LogP contribution in [-0.4, -0.2) is 45.1 Å². The van der Waals surface area contributed by atoms with Crippen LogP contribution < -0.4 is 5.32 Å². The van der Waals surface area contributed by atoms with Crippen LogP contribution in [0.1, 0.15) is 12.8 Å². The number of amides is 2. The molecule has 4 rings (SSSR count). The molecule has 0 spiro atoms. The van der Waals surface area contributed by atoms with Crippen molar-refractivity contribution in [2.24, 2.45) is 0 Å². The maximum Gasteiger partial charge on any atom is 0.242 e. The van der Waals surface area contributed by atoms with E-state index in [-0.39, 0.29) is 24.1 Å².